The molecule has 2 atom stereocenters. The second kappa shape index (κ2) is 7.43. The summed E-state index contributed by atoms with van der Waals surface area (Å²) >= 11 is 0. The molecule has 1 rings (SSSR count). The number of benzene rings is 1. The molecule has 0 aromatic heterocycles. The lowest BCUT2D eigenvalue weighted by molar-refractivity contribution is -0.0747. The molecule has 0 fully saturated rings. The van der Waals surface area contributed by atoms with Crippen LogP contribution in [0.15, 0.2) is 30.3 Å². The second-order valence-corrected chi connectivity index (χ2v) is 4.43. The van der Waals surface area contributed by atoms with Crippen LogP contribution >= 0.6 is 0 Å². The maximum atomic E-state index is 10.3. The third-order valence-electron chi connectivity index (χ3n) is 2.71. The van der Waals surface area contributed by atoms with Crippen molar-refractivity contribution in [3.8, 4) is 0 Å². The number of hydrogen-bond acceptors (Lipinski definition) is 3. The van der Waals surface area contributed by atoms with Crippen molar-refractivity contribution in [3.63, 3.8) is 0 Å². The number of rotatable bonds is 7. The highest BCUT2D eigenvalue weighted by molar-refractivity contribution is 5.18. The maximum Gasteiger partial charge on any atom is 0.105 e. The summed E-state index contributed by atoms with van der Waals surface area (Å²) in [5.41, 5.74) is 0.892. The number of hydrogen-bond donors (Lipinski definition) is 1. The van der Waals surface area contributed by atoms with Gasteiger partial charge in [0.2, 0.25) is 0 Å². The molecule has 96 valence electrons. The number of aliphatic hydroxyl groups is 1. The average molecular weight is 238 g/mol. The lowest BCUT2D eigenvalue weighted by Gasteiger charge is -2.26. The van der Waals surface area contributed by atoms with E-state index >= 15 is 0 Å². The van der Waals surface area contributed by atoms with E-state index in [1.54, 1.807) is 7.11 Å². The van der Waals surface area contributed by atoms with E-state index in [1.807, 2.05) is 44.2 Å². The quantitative estimate of drug-likeness (QED) is 0.741. The van der Waals surface area contributed by atoms with Crippen LogP contribution < -0.4 is 0 Å². The Morgan fingerprint density at radius 2 is 1.76 bits per heavy atom. The summed E-state index contributed by atoms with van der Waals surface area (Å²) < 4.78 is 10.6. The number of ether oxygens (including phenoxy) is 2. The molecule has 2 unspecified atom stereocenters. The van der Waals surface area contributed by atoms with Crippen LogP contribution in [-0.2, 0) is 9.47 Å². The molecule has 3 heteroatoms. The van der Waals surface area contributed by atoms with Gasteiger partial charge < -0.3 is 14.6 Å². The van der Waals surface area contributed by atoms with Crippen molar-refractivity contribution < 1.29 is 14.6 Å². The Morgan fingerprint density at radius 3 is 2.29 bits per heavy atom. The van der Waals surface area contributed by atoms with Gasteiger partial charge in [-0.15, -0.1) is 0 Å². The van der Waals surface area contributed by atoms with Crippen LogP contribution in [0.1, 0.15) is 25.5 Å². The van der Waals surface area contributed by atoms with Gasteiger partial charge in [0.05, 0.1) is 19.3 Å². The molecule has 0 aliphatic heterocycles. The van der Waals surface area contributed by atoms with Crippen molar-refractivity contribution in [1.82, 2.24) is 0 Å². The Kier molecular flexibility index (Phi) is 6.19. The van der Waals surface area contributed by atoms with Crippen molar-refractivity contribution in [2.24, 2.45) is 5.92 Å². The van der Waals surface area contributed by atoms with E-state index < -0.39 is 6.10 Å². The molecule has 1 N–H and O–H groups in total. The van der Waals surface area contributed by atoms with Crippen LogP contribution in [0.4, 0.5) is 0 Å². The van der Waals surface area contributed by atoms with Crippen molar-refractivity contribution >= 4 is 0 Å². The normalized spacial score (nSPS) is 14.9. The first-order chi connectivity index (χ1) is 8.16. The molecule has 0 saturated heterocycles. The topological polar surface area (TPSA) is 38.7 Å². The van der Waals surface area contributed by atoms with E-state index in [9.17, 15) is 5.11 Å². The standard InChI is InChI=1S/C14H22O3/c1-11(2)14(17-10-9-16-3)13(15)12-7-5-4-6-8-12/h4-8,11,13-15H,9-10H2,1-3H3. The summed E-state index contributed by atoms with van der Waals surface area (Å²) in [7, 11) is 1.64. The van der Waals surface area contributed by atoms with Crippen LogP contribution in [0, 0.1) is 5.92 Å². The number of aliphatic hydroxyl groups excluding tert-OH is 1. The molecule has 0 heterocycles. The highest BCUT2D eigenvalue weighted by atomic mass is 16.5. The van der Waals surface area contributed by atoms with Gasteiger partial charge in [0, 0.05) is 7.11 Å². The van der Waals surface area contributed by atoms with Crippen molar-refractivity contribution in [3.05, 3.63) is 35.9 Å². The molecule has 1 aromatic rings. The van der Waals surface area contributed by atoms with Crippen LogP contribution in [0.3, 0.4) is 0 Å². The monoisotopic (exact) mass is 238 g/mol. The summed E-state index contributed by atoms with van der Waals surface area (Å²) in [5, 5.41) is 10.3. The fraction of sp³-hybridized carbons (Fsp3) is 0.571. The van der Waals surface area contributed by atoms with E-state index in [1.165, 1.54) is 0 Å². The fourth-order valence-corrected chi connectivity index (χ4v) is 1.76. The summed E-state index contributed by atoms with van der Waals surface area (Å²) in [4.78, 5) is 0. The first kappa shape index (κ1) is 14.2. The highest BCUT2D eigenvalue weighted by Crippen LogP contribution is 2.24. The smallest absolute Gasteiger partial charge is 0.105 e. The van der Waals surface area contributed by atoms with Crippen molar-refractivity contribution in [1.29, 1.82) is 0 Å². The molecule has 0 amide bonds. The van der Waals surface area contributed by atoms with Crippen molar-refractivity contribution in [2.45, 2.75) is 26.1 Å². The molecule has 17 heavy (non-hydrogen) atoms. The van der Waals surface area contributed by atoms with Gasteiger partial charge in [0.1, 0.15) is 6.10 Å². The minimum atomic E-state index is -0.590. The number of methoxy groups -OCH3 is 1. The molecular weight excluding hydrogens is 216 g/mol. The lowest BCUT2D eigenvalue weighted by atomic mass is 9.96. The Balaban J connectivity index is 2.63. The zero-order valence-electron chi connectivity index (χ0n) is 10.8. The van der Waals surface area contributed by atoms with Gasteiger partial charge in [0.15, 0.2) is 0 Å². The van der Waals surface area contributed by atoms with Crippen LogP contribution in [0.25, 0.3) is 0 Å². The van der Waals surface area contributed by atoms with E-state index in [0.29, 0.717) is 13.2 Å². The first-order valence-corrected chi connectivity index (χ1v) is 6.00. The molecule has 0 saturated carbocycles. The van der Waals surface area contributed by atoms with E-state index in [0.717, 1.165) is 5.56 Å². The Bertz CT molecular complexity index is 298. The highest BCUT2D eigenvalue weighted by Gasteiger charge is 2.24. The van der Waals surface area contributed by atoms with E-state index in [2.05, 4.69) is 0 Å². The molecule has 0 radical (unpaired) electrons. The van der Waals surface area contributed by atoms with Crippen LogP contribution in [0.5, 0.6) is 0 Å². The van der Waals surface area contributed by atoms with Gasteiger partial charge in [-0.1, -0.05) is 44.2 Å². The largest absolute Gasteiger partial charge is 0.386 e. The molecule has 3 nitrogen and oxygen atoms in total. The molecule has 0 bridgehead atoms. The van der Waals surface area contributed by atoms with E-state index in [-0.39, 0.29) is 12.0 Å². The van der Waals surface area contributed by atoms with Gasteiger partial charge in [-0.2, -0.15) is 0 Å². The third-order valence-corrected chi connectivity index (χ3v) is 2.71. The summed E-state index contributed by atoms with van der Waals surface area (Å²) in [5.74, 6) is 0.252. The summed E-state index contributed by atoms with van der Waals surface area (Å²) in [6, 6.07) is 9.61. The molecule has 0 aliphatic rings. The predicted molar refractivity (Wildman–Crippen MR) is 67.9 cm³/mol. The average Bonchev–Trinajstić information content (AvgIpc) is 2.34. The Hall–Kier alpha value is -0.900. The fourth-order valence-electron chi connectivity index (χ4n) is 1.76. The van der Waals surface area contributed by atoms with E-state index in [4.69, 9.17) is 9.47 Å². The molecule has 1 aromatic carbocycles. The Morgan fingerprint density at radius 1 is 1.12 bits per heavy atom. The minimum absolute atomic E-state index is 0.201. The zero-order valence-corrected chi connectivity index (χ0v) is 10.8. The second-order valence-electron chi connectivity index (χ2n) is 4.43. The lowest BCUT2D eigenvalue weighted by Crippen LogP contribution is -2.29. The van der Waals surface area contributed by atoms with Crippen LogP contribution in [0.2, 0.25) is 0 Å². The zero-order chi connectivity index (χ0) is 12.7. The van der Waals surface area contributed by atoms with Gasteiger partial charge in [0.25, 0.3) is 0 Å². The van der Waals surface area contributed by atoms with Crippen LogP contribution in [-0.4, -0.2) is 31.5 Å². The Labute approximate surface area is 103 Å². The van der Waals surface area contributed by atoms with Gasteiger partial charge >= 0.3 is 0 Å². The molecule has 0 spiro atoms. The molecular formula is C14H22O3. The van der Waals surface area contributed by atoms with Gasteiger partial charge in [-0.05, 0) is 11.5 Å². The van der Waals surface area contributed by atoms with Gasteiger partial charge in [-0.3, -0.25) is 0 Å². The maximum absolute atomic E-state index is 10.3. The minimum Gasteiger partial charge on any atom is -0.386 e. The summed E-state index contributed by atoms with van der Waals surface area (Å²) in [6.45, 7) is 5.14. The first-order valence-electron chi connectivity index (χ1n) is 6.00. The van der Waals surface area contributed by atoms with Crippen molar-refractivity contribution in [2.75, 3.05) is 20.3 Å². The SMILES string of the molecule is COCCOC(C(C)C)C(O)c1ccccc1. The molecule has 0 aliphatic carbocycles. The van der Waals surface area contributed by atoms with Gasteiger partial charge in [-0.25, -0.2) is 0 Å². The predicted octanol–water partition coefficient (Wildman–Crippen LogP) is 2.41. The third kappa shape index (κ3) is 4.46. The summed E-state index contributed by atoms with van der Waals surface area (Å²) in [6.07, 6.45) is -0.791.